The third-order valence-corrected chi connectivity index (χ3v) is 5.17. The van der Waals surface area contributed by atoms with E-state index in [1.54, 1.807) is 14.2 Å². The van der Waals surface area contributed by atoms with Crippen LogP contribution in [0.2, 0.25) is 0 Å². The first-order chi connectivity index (χ1) is 15.6. The van der Waals surface area contributed by atoms with Gasteiger partial charge in [0.2, 0.25) is 0 Å². The Morgan fingerprint density at radius 1 is 0.594 bits per heavy atom. The molecule has 0 heterocycles. The van der Waals surface area contributed by atoms with Gasteiger partial charge in [-0.25, -0.2) is 0 Å². The highest BCUT2D eigenvalue weighted by Crippen LogP contribution is 2.19. The van der Waals surface area contributed by atoms with Crippen molar-refractivity contribution in [3.63, 3.8) is 0 Å². The normalized spacial score (nSPS) is 10.4. The molecule has 0 N–H and O–H groups in total. The molecule has 174 valence electrons. The number of hydrogen-bond acceptors (Lipinski definition) is 6. The first kappa shape index (κ1) is 25.2. The lowest BCUT2D eigenvalue weighted by molar-refractivity contribution is -0.146. The van der Waals surface area contributed by atoms with Crippen molar-refractivity contribution in [3.8, 4) is 11.5 Å². The van der Waals surface area contributed by atoms with Crippen molar-refractivity contribution in [2.45, 2.75) is 64.6 Å². The summed E-state index contributed by atoms with van der Waals surface area (Å²) in [6.45, 7) is 0.464. The number of esters is 2. The third-order valence-electron chi connectivity index (χ3n) is 5.17. The Balaban J connectivity index is 1.46. The fourth-order valence-corrected chi connectivity index (χ4v) is 3.35. The summed E-state index contributed by atoms with van der Waals surface area (Å²) in [5.74, 6) is 1.08. The number of unbranched alkanes of at least 4 members (excludes halogenated alkanes) is 5. The van der Waals surface area contributed by atoms with E-state index < -0.39 is 0 Å². The molecule has 0 aliphatic heterocycles. The average molecular weight is 443 g/mol. The molecular weight excluding hydrogens is 408 g/mol. The minimum atomic E-state index is -0.186. The van der Waals surface area contributed by atoms with Gasteiger partial charge in [-0.05, 0) is 25.0 Å². The lowest BCUT2D eigenvalue weighted by atomic mass is 10.1. The van der Waals surface area contributed by atoms with Crippen LogP contribution < -0.4 is 9.47 Å². The van der Waals surface area contributed by atoms with Crippen molar-refractivity contribution >= 4 is 11.9 Å². The van der Waals surface area contributed by atoms with Crippen LogP contribution in [0.15, 0.2) is 48.5 Å². The second-order valence-electron chi connectivity index (χ2n) is 7.57. The zero-order valence-corrected chi connectivity index (χ0v) is 19.1. The van der Waals surface area contributed by atoms with Crippen LogP contribution in [-0.2, 0) is 32.3 Å². The molecule has 0 aromatic heterocycles. The Hall–Kier alpha value is -3.02. The van der Waals surface area contributed by atoms with E-state index in [9.17, 15) is 9.59 Å². The number of carbonyl (C=O) groups is 2. The number of ether oxygens (including phenoxy) is 4. The van der Waals surface area contributed by atoms with Gasteiger partial charge in [0.15, 0.2) is 0 Å². The molecule has 0 radical (unpaired) electrons. The van der Waals surface area contributed by atoms with E-state index in [0.717, 1.165) is 61.2 Å². The minimum absolute atomic E-state index is 0.186. The standard InChI is InChI=1S/C26H34O6/c1-29-23-15-11-9-13-21(23)19-31-25(27)17-7-5-3-4-6-8-18-26(28)32-20-22-14-10-12-16-24(22)30-2/h9-16H,3-8,17-20H2,1-2H3. The van der Waals surface area contributed by atoms with Gasteiger partial charge in [0.1, 0.15) is 24.7 Å². The Morgan fingerprint density at radius 2 is 0.969 bits per heavy atom. The molecule has 0 bridgehead atoms. The monoisotopic (exact) mass is 442 g/mol. The van der Waals surface area contributed by atoms with E-state index in [4.69, 9.17) is 18.9 Å². The molecule has 0 aliphatic rings. The SMILES string of the molecule is COc1ccccc1COC(=O)CCCCCCCCC(=O)OCc1ccccc1OC. The summed E-state index contributed by atoms with van der Waals surface area (Å²) in [6, 6.07) is 15.0. The van der Waals surface area contributed by atoms with Crippen LogP contribution in [0, 0.1) is 0 Å². The van der Waals surface area contributed by atoms with Crippen LogP contribution in [0.3, 0.4) is 0 Å². The Labute approximate surface area is 190 Å². The second-order valence-corrected chi connectivity index (χ2v) is 7.57. The molecule has 6 heteroatoms. The van der Waals surface area contributed by atoms with Gasteiger partial charge in [-0.3, -0.25) is 9.59 Å². The second kappa shape index (κ2) is 14.9. The quantitative estimate of drug-likeness (QED) is 0.264. The average Bonchev–Trinajstić information content (AvgIpc) is 2.83. The van der Waals surface area contributed by atoms with Crippen molar-refractivity contribution in [3.05, 3.63) is 59.7 Å². The summed E-state index contributed by atoms with van der Waals surface area (Å²) in [6.07, 6.45) is 6.49. The van der Waals surface area contributed by atoms with Crippen LogP contribution in [0.4, 0.5) is 0 Å². The number of hydrogen-bond donors (Lipinski definition) is 0. The van der Waals surface area contributed by atoms with Crippen LogP contribution in [0.25, 0.3) is 0 Å². The van der Waals surface area contributed by atoms with Crippen molar-refractivity contribution in [1.82, 2.24) is 0 Å². The predicted octanol–water partition coefficient (Wildman–Crippen LogP) is 5.61. The largest absolute Gasteiger partial charge is 0.496 e. The highest BCUT2D eigenvalue weighted by molar-refractivity contribution is 5.69. The molecule has 0 fully saturated rings. The molecule has 6 nitrogen and oxygen atoms in total. The topological polar surface area (TPSA) is 71.1 Å². The molecule has 2 aromatic carbocycles. The van der Waals surface area contributed by atoms with Gasteiger partial charge in [0.25, 0.3) is 0 Å². The van der Waals surface area contributed by atoms with Gasteiger partial charge in [-0.1, -0.05) is 62.1 Å². The summed E-state index contributed by atoms with van der Waals surface area (Å²) in [5, 5.41) is 0. The fourth-order valence-electron chi connectivity index (χ4n) is 3.35. The van der Waals surface area contributed by atoms with Gasteiger partial charge < -0.3 is 18.9 Å². The highest BCUT2D eigenvalue weighted by atomic mass is 16.5. The van der Waals surface area contributed by atoms with E-state index in [1.165, 1.54) is 0 Å². The van der Waals surface area contributed by atoms with Crippen LogP contribution in [0.5, 0.6) is 11.5 Å². The number of para-hydroxylation sites is 2. The van der Waals surface area contributed by atoms with E-state index >= 15 is 0 Å². The van der Waals surface area contributed by atoms with Crippen molar-refractivity contribution in [1.29, 1.82) is 0 Å². The van der Waals surface area contributed by atoms with Crippen LogP contribution in [0.1, 0.15) is 62.5 Å². The molecule has 0 aliphatic carbocycles. The fraction of sp³-hybridized carbons (Fsp3) is 0.462. The molecule has 2 rings (SSSR count). The molecule has 0 saturated heterocycles. The van der Waals surface area contributed by atoms with E-state index in [1.807, 2.05) is 48.5 Å². The molecular formula is C26H34O6. The molecule has 0 unspecified atom stereocenters. The highest BCUT2D eigenvalue weighted by Gasteiger charge is 2.08. The summed E-state index contributed by atoms with van der Waals surface area (Å²) in [4.78, 5) is 23.8. The van der Waals surface area contributed by atoms with Gasteiger partial charge in [-0.15, -0.1) is 0 Å². The smallest absolute Gasteiger partial charge is 0.306 e. The van der Waals surface area contributed by atoms with E-state index in [0.29, 0.717) is 12.8 Å². The Morgan fingerprint density at radius 3 is 1.38 bits per heavy atom. The number of rotatable bonds is 15. The molecule has 32 heavy (non-hydrogen) atoms. The van der Waals surface area contributed by atoms with E-state index in [2.05, 4.69) is 0 Å². The van der Waals surface area contributed by atoms with E-state index in [-0.39, 0.29) is 25.2 Å². The molecule has 2 aromatic rings. The first-order valence-corrected chi connectivity index (χ1v) is 11.2. The molecule has 0 spiro atoms. The number of carbonyl (C=O) groups excluding carboxylic acids is 2. The lowest BCUT2D eigenvalue weighted by Gasteiger charge is -2.09. The van der Waals surface area contributed by atoms with Crippen molar-refractivity contribution < 1.29 is 28.5 Å². The zero-order chi connectivity index (χ0) is 23.0. The number of benzene rings is 2. The summed E-state index contributed by atoms with van der Waals surface area (Å²) in [5.41, 5.74) is 1.73. The lowest BCUT2D eigenvalue weighted by Crippen LogP contribution is -2.05. The third kappa shape index (κ3) is 9.41. The maximum atomic E-state index is 11.9. The van der Waals surface area contributed by atoms with Crippen LogP contribution in [-0.4, -0.2) is 26.2 Å². The molecule has 0 atom stereocenters. The number of methoxy groups -OCH3 is 2. The molecule has 0 saturated carbocycles. The summed E-state index contributed by atoms with van der Waals surface area (Å²) >= 11 is 0. The van der Waals surface area contributed by atoms with Crippen LogP contribution >= 0.6 is 0 Å². The zero-order valence-electron chi connectivity index (χ0n) is 19.1. The maximum absolute atomic E-state index is 11.9. The van der Waals surface area contributed by atoms with Crippen molar-refractivity contribution in [2.75, 3.05) is 14.2 Å². The summed E-state index contributed by atoms with van der Waals surface area (Å²) in [7, 11) is 3.21. The predicted molar refractivity (Wildman–Crippen MR) is 123 cm³/mol. The Bertz CT molecular complexity index is 763. The first-order valence-electron chi connectivity index (χ1n) is 11.2. The Kier molecular flexibility index (Phi) is 11.7. The van der Waals surface area contributed by atoms with Crippen molar-refractivity contribution in [2.24, 2.45) is 0 Å². The molecule has 0 amide bonds. The van der Waals surface area contributed by atoms with Gasteiger partial charge in [-0.2, -0.15) is 0 Å². The summed E-state index contributed by atoms with van der Waals surface area (Å²) < 4.78 is 21.2. The van der Waals surface area contributed by atoms with Gasteiger partial charge >= 0.3 is 11.9 Å². The minimum Gasteiger partial charge on any atom is -0.496 e. The van der Waals surface area contributed by atoms with Gasteiger partial charge in [0, 0.05) is 24.0 Å². The van der Waals surface area contributed by atoms with Gasteiger partial charge in [0.05, 0.1) is 14.2 Å². The maximum Gasteiger partial charge on any atom is 0.306 e.